The van der Waals surface area contributed by atoms with E-state index >= 15 is 0 Å². The highest BCUT2D eigenvalue weighted by molar-refractivity contribution is 5.87. The summed E-state index contributed by atoms with van der Waals surface area (Å²) in [6.07, 6.45) is 0.539. The third-order valence-corrected chi connectivity index (χ3v) is 3.05. The molecular weight excluding hydrogens is 210 g/mol. The highest BCUT2D eigenvalue weighted by Crippen LogP contribution is 2.24. The first-order valence-electron chi connectivity index (χ1n) is 5.32. The number of carbonyl (C=O) groups excluding carboxylic acids is 2. The van der Waals surface area contributed by atoms with Gasteiger partial charge in [0.2, 0.25) is 11.8 Å². The summed E-state index contributed by atoms with van der Waals surface area (Å²) < 4.78 is 5.38. The molecule has 2 amide bonds. The van der Waals surface area contributed by atoms with Crippen molar-refractivity contribution < 1.29 is 14.3 Å². The summed E-state index contributed by atoms with van der Waals surface area (Å²) in [6, 6.07) is -0.887. The highest BCUT2D eigenvalue weighted by Gasteiger charge is 2.39. The fourth-order valence-corrected chi connectivity index (χ4v) is 1.68. The quantitative estimate of drug-likeness (QED) is 0.567. The second kappa shape index (κ2) is 4.80. The van der Waals surface area contributed by atoms with Crippen LogP contribution in [0, 0.1) is 0 Å². The Morgan fingerprint density at radius 1 is 1.62 bits per heavy atom. The molecule has 1 saturated heterocycles. The van der Waals surface area contributed by atoms with Gasteiger partial charge in [0.15, 0.2) is 0 Å². The van der Waals surface area contributed by atoms with Gasteiger partial charge in [-0.15, -0.1) is 0 Å². The van der Waals surface area contributed by atoms with Crippen LogP contribution in [0.4, 0.5) is 0 Å². The molecule has 1 heterocycles. The fourth-order valence-electron chi connectivity index (χ4n) is 1.68. The Bertz CT molecular complexity index is 295. The molecule has 0 radical (unpaired) electrons. The third-order valence-electron chi connectivity index (χ3n) is 3.05. The standard InChI is InChI=1S/C10H19N3O3/c1-6-10(2,3-4-16-6)13-9(15)7(11)5-8(12)14/h6-7H,3-5,11H2,1-2H3,(H2,12,14)(H,13,15). The number of ether oxygens (including phenoxy) is 1. The minimum absolute atomic E-state index is 0.0581. The molecule has 1 aliphatic rings. The number of primary amides is 1. The van der Waals surface area contributed by atoms with E-state index in [1.807, 2.05) is 13.8 Å². The lowest BCUT2D eigenvalue weighted by atomic mass is 9.94. The smallest absolute Gasteiger partial charge is 0.237 e. The van der Waals surface area contributed by atoms with Gasteiger partial charge in [-0.2, -0.15) is 0 Å². The average Bonchev–Trinajstić information content (AvgIpc) is 2.45. The lowest BCUT2D eigenvalue weighted by Gasteiger charge is -2.30. The minimum atomic E-state index is -0.887. The van der Waals surface area contributed by atoms with Gasteiger partial charge in [0.05, 0.1) is 24.1 Å². The largest absolute Gasteiger partial charge is 0.376 e. The summed E-state index contributed by atoms with van der Waals surface area (Å²) in [5.41, 5.74) is 10.1. The summed E-state index contributed by atoms with van der Waals surface area (Å²) in [6.45, 7) is 4.41. The van der Waals surface area contributed by atoms with E-state index in [4.69, 9.17) is 16.2 Å². The Morgan fingerprint density at radius 2 is 2.25 bits per heavy atom. The second-order valence-corrected chi connectivity index (χ2v) is 4.45. The van der Waals surface area contributed by atoms with E-state index in [1.54, 1.807) is 0 Å². The van der Waals surface area contributed by atoms with Gasteiger partial charge in [-0.3, -0.25) is 9.59 Å². The van der Waals surface area contributed by atoms with E-state index in [2.05, 4.69) is 5.32 Å². The van der Waals surface area contributed by atoms with Crippen LogP contribution < -0.4 is 16.8 Å². The average molecular weight is 229 g/mol. The van der Waals surface area contributed by atoms with Gasteiger partial charge < -0.3 is 21.5 Å². The molecule has 3 unspecified atom stereocenters. The number of rotatable bonds is 4. The molecule has 16 heavy (non-hydrogen) atoms. The van der Waals surface area contributed by atoms with Gasteiger partial charge in [0.1, 0.15) is 0 Å². The van der Waals surface area contributed by atoms with Crippen molar-refractivity contribution in [3.05, 3.63) is 0 Å². The van der Waals surface area contributed by atoms with Gasteiger partial charge in [-0.25, -0.2) is 0 Å². The zero-order chi connectivity index (χ0) is 12.3. The number of nitrogens with two attached hydrogens (primary N) is 2. The zero-order valence-corrected chi connectivity index (χ0v) is 9.66. The van der Waals surface area contributed by atoms with E-state index in [1.165, 1.54) is 0 Å². The molecule has 1 rings (SSSR count). The van der Waals surface area contributed by atoms with Crippen molar-refractivity contribution in [3.63, 3.8) is 0 Å². The summed E-state index contributed by atoms with van der Waals surface area (Å²) in [5.74, 6) is -0.942. The number of amides is 2. The molecule has 0 aromatic heterocycles. The normalized spacial score (nSPS) is 31.1. The maximum Gasteiger partial charge on any atom is 0.237 e. The number of nitrogens with one attached hydrogen (secondary N) is 1. The highest BCUT2D eigenvalue weighted by atomic mass is 16.5. The number of hydrogen-bond donors (Lipinski definition) is 3. The van der Waals surface area contributed by atoms with E-state index < -0.39 is 17.5 Å². The van der Waals surface area contributed by atoms with Crippen LogP contribution in [0.15, 0.2) is 0 Å². The van der Waals surface area contributed by atoms with Crippen molar-refractivity contribution in [2.75, 3.05) is 6.61 Å². The zero-order valence-electron chi connectivity index (χ0n) is 9.66. The summed E-state index contributed by atoms with van der Waals surface area (Å²) in [5, 5.41) is 2.81. The van der Waals surface area contributed by atoms with Gasteiger partial charge in [-0.05, 0) is 20.3 Å². The first-order chi connectivity index (χ1) is 7.35. The van der Waals surface area contributed by atoms with Gasteiger partial charge >= 0.3 is 0 Å². The predicted molar refractivity (Wildman–Crippen MR) is 58.4 cm³/mol. The lowest BCUT2D eigenvalue weighted by Crippen LogP contribution is -2.55. The molecule has 0 spiro atoms. The summed E-state index contributed by atoms with van der Waals surface area (Å²) in [7, 11) is 0. The van der Waals surface area contributed by atoms with E-state index in [0.717, 1.165) is 6.42 Å². The van der Waals surface area contributed by atoms with Gasteiger partial charge in [0.25, 0.3) is 0 Å². The molecule has 0 aromatic carbocycles. The van der Waals surface area contributed by atoms with Crippen LogP contribution in [0.1, 0.15) is 26.7 Å². The number of hydrogen-bond acceptors (Lipinski definition) is 4. The second-order valence-electron chi connectivity index (χ2n) is 4.45. The molecule has 3 atom stereocenters. The van der Waals surface area contributed by atoms with Gasteiger partial charge in [0, 0.05) is 6.61 Å². The molecule has 1 fully saturated rings. The SMILES string of the molecule is CC1OCCC1(C)NC(=O)C(N)CC(N)=O. The molecule has 92 valence electrons. The van der Waals surface area contributed by atoms with Crippen LogP contribution in [0.25, 0.3) is 0 Å². The molecule has 0 saturated carbocycles. The maximum absolute atomic E-state index is 11.7. The van der Waals surface area contributed by atoms with E-state index in [-0.39, 0.29) is 18.4 Å². The molecular formula is C10H19N3O3. The third kappa shape index (κ3) is 2.93. The Balaban J connectivity index is 2.53. The van der Waals surface area contributed by atoms with Crippen molar-refractivity contribution >= 4 is 11.8 Å². The van der Waals surface area contributed by atoms with Crippen LogP contribution in [-0.4, -0.2) is 36.1 Å². The van der Waals surface area contributed by atoms with Crippen molar-refractivity contribution in [1.29, 1.82) is 0 Å². The summed E-state index contributed by atoms with van der Waals surface area (Å²) in [4.78, 5) is 22.3. The number of carbonyl (C=O) groups is 2. The maximum atomic E-state index is 11.7. The van der Waals surface area contributed by atoms with Crippen molar-refractivity contribution in [2.24, 2.45) is 11.5 Å². The van der Waals surface area contributed by atoms with E-state index in [0.29, 0.717) is 6.61 Å². The van der Waals surface area contributed by atoms with Crippen LogP contribution in [0.3, 0.4) is 0 Å². The van der Waals surface area contributed by atoms with Crippen molar-refractivity contribution in [2.45, 2.75) is 44.4 Å². The Hall–Kier alpha value is -1.14. The Morgan fingerprint density at radius 3 is 2.69 bits per heavy atom. The first-order valence-corrected chi connectivity index (χ1v) is 5.32. The monoisotopic (exact) mass is 229 g/mol. The molecule has 6 heteroatoms. The first kappa shape index (κ1) is 12.9. The molecule has 0 aliphatic carbocycles. The lowest BCUT2D eigenvalue weighted by molar-refractivity contribution is -0.128. The Labute approximate surface area is 94.7 Å². The molecule has 0 aromatic rings. The topological polar surface area (TPSA) is 107 Å². The Kier molecular flexibility index (Phi) is 3.88. The fraction of sp³-hybridized carbons (Fsp3) is 0.800. The van der Waals surface area contributed by atoms with Crippen LogP contribution in [-0.2, 0) is 14.3 Å². The molecule has 1 aliphatic heterocycles. The van der Waals surface area contributed by atoms with Crippen LogP contribution >= 0.6 is 0 Å². The predicted octanol–water partition coefficient (Wildman–Crippen LogP) is -1.13. The molecule has 0 bridgehead atoms. The van der Waals surface area contributed by atoms with Crippen molar-refractivity contribution in [3.8, 4) is 0 Å². The molecule has 5 N–H and O–H groups in total. The minimum Gasteiger partial charge on any atom is -0.376 e. The van der Waals surface area contributed by atoms with Crippen LogP contribution in [0.2, 0.25) is 0 Å². The van der Waals surface area contributed by atoms with Gasteiger partial charge in [-0.1, -0.05) is 0 Å². The van der Waals surface area contributed by atoms with Crippen LogP contribution in [0.5, 0.6) is 0 Å². The van der Waals surface area contributed by atoms with Crippen molar-refractivity contribution in [1.82, 2.24) is 5.32 Å². The summed E-state index contributed by atoms with van der Waals surface area (Å²) >= 11 is 0. The van der Waals surface area contributed by atoms with E-state index in [9.17, 15) is 9.59 Å². The molecule has 6 nitrogen and oxygen atoms in total.